The van der Waals surface area contributed by atoms with Crippen molar-refractivity contribution in [2.24, 2.45) is 17.1 Å². The molecule has 6 aliphatic rings. The number of piperidine rings is 3. The Bertz CT molecular complexity index is 859. The van der Waals surface area contributed by atoms with E-state index < -0.39 is 11.3 Å². The van der Waals surface area contributed by atoms with Gasteiger partial charge in [0.05, 0.1) is 6.04 Å². The topological polar surface area (TPSA) is 85.1 Å². The third kappa shape index (κ3) is 2.14. The molecule has 3 atom stereocenters. The van der Waals surface area contributed by atoms with Crippen LogP contribution in [0.25, 0.3) is 0 Å². The Hall–Kier alpha value is -2.28. The van der Waals surface area contributed by atoms with Crippen LogP contribution >= 0.6 is 0 Å². The van der Waals surface area contributed by atoms with Gasteiger partial charge in [0.2, 0.25) is 18.6 Å². The minimum atomic E-state index is -0.944. The van der Waals surface area contributed by atoms with E-state index >= 15 is 0 Å². The molecule has 7 rings (SSSR count). The fourth-order valence-corrected chi connectivity index (χ4v) is 6.06. The average Bonchev–Trinajstić information content (AvgIpc) is 3.22. The zero-order valence-corrected chi connectivity index (χ0v) is 15.8. The molecule has 0 spiro atoms. The maximum Gasteiger partial charge on any atom is 0.238 e. The van der Waals surface area contributed by atoms with Gasteiger partial charge in [-0.15, -0.1) is 0 Å². The third-order valence-corrected chi connectivity index (χ3v) is 7.71. The smallest absolute Gasteiger partial charge is 0.238 e. The van der Waals surface area contributed by atoms with Gasteiger partial charge in [0.25, 0.3) is 0 Å². The maximum absolute atomic E-state index is 13.4. The van der Waals surface area contributed by atoms with E-state index in [1.54, 1.807) is 0 Å². The Morgan fingerprint density at radius 1 is 1.07 bits per heavy atom. The number of amides is 2. The van der Waals surface area contributed by atoms with Crippen molar-refractivity contribution in [3.05, 3.63) is 23.8 Å². The van der Waals surface area contributed by atoms with Gasteiger partial charge >= 0.3 is 0 Å². The van der Waals surface area contributed by atoms with Gasteiger partial charge in [0.1, 0.15) is 5.41 Å². The molecule has 1 aliphatic carbocycles. The van der Waals surface area contributed by atoms with Crippen LogP contribution in [0.2, 0.25) is 0 Å². The molecule has 0 radical (unpaired) electrons. The zero-order valence-electron chi connectivity index (χ0n) is 15.8. The molecule has 0 aromatic heterocycles. The summed E-state index contributed by atoms with van der Waals surface area (Å²) in [6.07, 6.45) is 3.45. The van der Waals surface area contributed by atoms with E-state index in [1.165, 1.54) is 5.56 Å². The highest BCUT2D eigenvalue weighted by atomic mass is 16.7. The summed E-state index contributed by atoms with van der Waals surface area (Å²) in [4.78, 5) is 30.0. The van der Waals surface area contributed by atoms with Crippen molar-refractivity contribution in [3.63, 3.8) is 0 Å². The second-order valence-corrected chi connectivity index (χ2v) is 8.98. The molecule has 4 saturated heterocycles. The van der Waals surface area contributed by atoms with Crippen LogP contribution in [-0.2, 0) is 9.59 Å². The predicted molar refractivity (Wildman–Crippen MR) is 99.8 cm³/mol. The first-order valence-electron chi connectivity index (χ1n) is 10.3. The number of benzene rings is 1. The highest BCUT2D eigenvalue weighted by Crippen LogP contribution is 2.53. The fraction of sp³-hybridized carbons (Fsp3) is 0.619. The molecular formula is C21H25N3O4. The molecule has 7 heteroatoms. The second-order valence-electron chi connectivity index (χ2n) is 8.98. The molecule has 7 nitrogen and oxygen atoms in total. The fourth-order valence-electron chi connectivity index (χ4n) is 6.06. The summed E-state index contributed by atoms with van der Waals surface area (Å²) in [5, 5.41) is 0. The van der Waals surface area contributed by atoms with E-state index in [9.17, 15) is 9.59 Å². The molecule has 28 heavy (non-hydrogen) atoms. The minimum Gasteiger partial charge on any atom is -0.454 e. The number of rotatable bonds is 3. The van der Waals surface area contributed by atoms with Crippen molar-refractivity contribution in [3.8, 4) is 11.5 Å². The van der Waals surface area contributed by atoms with Crippen molar-refractivity contribution in [1.29, 1.82) is 0 Å². The summed E-state index contributed by atoms with van der Waals surface area (Å²) in [6.45, 7) is 3.09. The van der Waals surface area contributed by atoms with Crippen LogP contribution < -0.4 is 15.2 Å². The molecule has 148 valence electrons. The maximum atomic E-state index is 13.4. The minimum absolute atomic E-state index is 0.0352. The summed E-state index contributed by atoms with van der Waals surface area (Å²) in [6, 6.07) is 6.64. The van der Waals surface area contributed by atoms with Crippen molar-refractivity contribution in [2.75, 3.05) is 26.4 Å². The standard InChI is InChI=1S/C21H25N3O4/c22-19(25)21(5-6-21)20(26)24-10-14(13-1-2-15-16(9-13)28-11-27-15)18-17(24)12-3-7-23(18)8-4-12/h1-2,9,12,14,17-18H,3-8,10-11H2,(H2,22,25)/t14-,17+,18+/m0/s1. The lowest BCUT2D eigenvalue weighted by Gasteiger charge is -2.51. The molecule has 2 amide bonds. The largest absolute Gasteiger partial charge is 0.454 e. The number of nitrogens with two attached hydrogens (primary N) is 1. The van der Waals surface area contributed by atoms with E-state index in [0.29, 0.717) is 31.3 Å². The van der Waals surface area contributed by atoms with E-state index in [-0.39, 0.29) is 24.7 Å². The Morgan fingerprint density at radius 2 is 1.82 bits per heavy atom. The van der Waals surface area contributed by atoms with Gasteiger partial charge in [0.15, 0.2) is 11.5 Å². The molecule has 2 bridgehead atoms. The number of hydrogen-bond donors (Lipinski definition) is 1. The van der Waals surface area contributed by atoms with E-state index in [4.69, 9.17) is 15.2 Å². The molecule has 5 heterocycles. The Labute approximate surface area is 163 Å². The highest BCUT2D eigenvalue weighted by Gasteiger charge is 2.62. The SMILES string of the molecule is NC(=O)C1(C(=O)N2C[C@@H](c3ccc4c(c3)OCO4)[C@@H]3[C@H]2C2CCN3CC2)CC1. The van der Waals surface area contributed by atoms with Gasteiger partial charge in [-0.1, -0.05) is 6.07 Å². The number of ether oxygens (including phenoxy) is 2. The quantitative estimate of drug-likeness (QED) is 0.790. The monoisotopic (exact) mass is 383 g/mol. The lowest BCUT2D eigenvalue weighted by molar-refractivity contribution is -0.146. The molecule has 0 unspecified atom stereocenters. The van der Waals surface area contributed by atoms with Crippen LogP contribution in [0.15, 0.2) is 18.2 Å². The first-order chi connectivity index (χ1) is 13.6. The number of primary amides is 1. The first kappa shape index (κ1) is 16.7. The number of carbonyl (C=O) groups is 2. The van der Waals surface area contributed by atoms with Gasteiger partial charge in [-0.3, -0.25) is 14.5 Å². The highest BCUT2D eigenvalue weighted by molar-refractivity contribution is 6.07. The van der Waals surface area contributed by atoms with E-state index in [2.05, 4.69) is 17.0 Å². The molecule has 5 aliphatic heterocycles. The van der Waals surface area contributed by atoms with Crippen molar-refractivity contribution in [2.45, 2.75) is 43.7 Å². The Morgan fingerprint density at radius 3 is 2.54 bits per heavy atom. The molecular weight excluding hydrogens is 358 g/mol. The van der Waals surface area contributed by atoms with Crippen LogP contribution in [0.5, 0.6) is 11.5 Å². The lowest BCUT2D eigenvalue weighted by Crippen LogP contribution is -2.61. The predicted octanol–water partition coefficient (Wildman–Crippen LogP) is 1.07. The number of likely N-dealkylation sites (tertiary alicyclic amines) is 1. The van der Waals surface area contributed by atoms with Crippen LogP contribution in [-0.4, -0.2) is 60.1 Å². The first-order valence-corrected chi connectivity index (χ1v) is 10.3. The summed E-state index contributed by atoms with van der Waals surface area (Å²) in [5.74, 6) is 1.80. The second kappa shape index (κ2) is 5.63. The number of fused-ring (bicyclic) bond motifs is 3. The van der Waals surface area contributed by atoms with Crippen molar-refractivity contribution in [1.82, 2.24) is 9.80 Å². The van der Waals surface area contributed by atoms with Crippen LogP contribution in [0.4, 0.5) is 0 Å². The number of carbonyl (C=O) groups excluding carboxylic acids is 2. The van der Waals surface area contributed by atoms with Crippen molar-refractivity contribution < 1.29 is 19.1 Å². The molecule has 1 aromatic rings. The Kier molecular flexibility index (Phi) is 3.35. The molecule has 5 fully saturated rings. The molecule has 1 saturated carbocycles. The van der Waals surface area contributed by atoms with Crippen LogP contribution in [0, 0.1) is 11.3 Å². The number of hydrogen-bond acceptors (Lipinski definition) is 5. The van der Waals surface area contributed by atoms with Crippen molar-refractivity contribution >= 4 is 11.8 Å². The molecule has 1 aromatic carbocycles. The van der Waals surface area contributed by atoms with Crippen LogP contribution in [0.3, 0.4) is 0 Å². The van der Waals surface area contributed by atoms with Gasteiger partial charge in [0, 0.05) is 18.5 Å². The Balaban J connectivity index is 1.38. The summed E-state index contributed by atoms with van der Waals surface area (Å²) >= 11 is 0. The summed E-state index contributed by atoms with van der Waals surface area (Å²) < 4.78 is 11.1. The zero-order chi connectivity index (χ0) is 19.0. The lowest BCUT2D eigenvalue weighted by atomic mass is 9.75. The van der Waals surface area contributed by atoms with Gasteiger partial charge < -0.3 is 20.1 Å². The number of nitrogens with zero attached hydrogens (tertiary/aromatic N) is 2. The van der Waals surface area contributed by atoms with E-state index in [1.807, 2.05) is 11.0 Å². The van der Waals surface area contributed by atoms with Crippen LogP contribution in [0.1, 0.15) is 37.2 Å². The normalized spacial score (nSPS) is 36.3. The average molecular weight is 383 g/mol. The van der Waals surface area contributed by atoms with Gasteiger partial charge in [-0.25, -0.2) is 0 Å². The van der Waals surface area contributed by atoms with Gasteiger partial charge in [-0.05, 0) is 62.4 Å². The summed E-state index contributed by atoms with van der Waals surface area (Å²) in [5.41, 5.74) is 5.87. The molecule has 2 N–H and O–H groups in total. The summed E-state index contributed by atoms with van der Waals surface area (Å²) in [7, 11) is 0. The van der Waals surface area contributed by atoms with E-state index in [0.717, 1.165) is 37.4 Å². The third-order valence-electron chi connectivity index (χ3n) is 7.71. The van der Waals surface area contributed by atoms with Gasteiger partial charge in [-0.2, -0.15) is 0 Å².